The molecule has 3 nitrogen and oxygen atoms in total. The van der Waals surface area contributed by atoms with Crippen LogP contribution in [0.3, 0.4) is 0 Å². The van der Waals surface area contributed by atoms with E-state index in [1.165, 1.54) is 31.6 Å². The second-order valence-corrected chi connectivity index (χ2v) is 6.48. The molecule has 0 amide bonds. The van der Waals surface area contributed by atoms with Crippen LogP contribution in [0, 0.1) is 11.8 Å². The highest BCUT2D eigenvalue weighted by atomic mass is 16.5. The predicted molar refractivity (Wildman–Crippen MR) is 86.6 cm³/mol. The molecule has 2 heterocycles. The van der Waals surface area contributed by atoms with Crippen LogP contribution in [0.25, 0.3) is 0 Å². The molecule has 2 fully saturated rings. The molecule has 1 aromatic rings. The molecule has 0 aliphatic carbocycles. The SMILES string of the molecule is CCCOc1cccc(CN2CC3CNCC3C2CC)c1. The van der Waals surface area contributed by atoms with Gasteiger partial charge in [0.2, 0.25) is 0 Å². The molecule has 116 valence electrons. The molecule has 0 radical (unpaired) electrons. The number of hydrogen-bond acceptors (Lipinski definition) is 3. The summed E-state index contributed by atoms with van der Waals surface area (Å²) in [7, 11) is 0. The number of rotatable bonds is 6. The second kappa shape index (κ2) is 6.80. The Morgan fingerprint density at radius 2 is 2.19 bits per heavy atom. The van der Waals surface area contributed by atoms with Crippen molar-refractivity contribution in [3.63, 3.8) is 0 Å². The Kier molecular flexibility index (Phi) is 4.81. The van der Waals surface area contributed by atoms with Crippen molar-refractivity contribution >= 4 is 0 Å². The fourth-order valence-corrected chi connectivity index (χ4v) is 4.04. The van der Waals surface area contributed by atoms with Gasteiger partial charge in [0.15, 0.2) is 0 Å². The quantitative estimate of drug-likeness (QED) is 0.871. The topological polar surface area (TPSA) is 24.5 Å². The zero-order valence-electron chi connectivity index (χ0n) is 13.3. The van der Waals surface area contributed by atoms with Gasteiger partial charge in [0, 0.05) is 19.1 Å². The fourth-order valence-electron chi connectivity index (χ4n) is 4.04. The third-order valence-corrected chi connectivity index (χ3v) is 5.00. The maximum Gasteiger partial charge on any atom is 0.119 e. The van der Waals surface area contributed by atoms with Crippen LogP contribution in [0.5, 0.6) is 5.75 Å². The van der Waals surface area contributed by atoms with Crippen LogP contribution in [0.4, 0.5) is 0 Å². The minimum Gasteiger partial charge on any atom is -0.494 e. The minimum atomic E-state index is 0.741. The molecule has 0 aromatic heterocycles. The molecule has 1 N–H and O–H groups in total. The normalized spacial score (nSPS) is 28.8. The number of benzene rings is 1. The lowest BCUT2D eigenvalue weighted by Crippen LogP contribution is -2.34. The van der Waals surface area contributed by atoms with Crippen molar-refractivity contribution in [2.75, 3.05) is 26.2 Å². The van der Waals surface area contributed by atoms with Crippen LogP contribution in [0.1, 0.15) is 32.3 Å². The molecule has 3 heteroatoms. The second-order valence-electron chi connectivity index (χ2n) is 6.48. The number of likely N-dealkylation sites (tertiary alicyclic amines) is 1. The summed E-state index contributed by atoms with van der Waals surface area (Å²) in [4.78, 5) is 2.69. The zero-order chi connectivity index (χ0) is 14.7. The molecule has 3 rings (SSSR count). The zero-order valence-corrected chi connectivity index (χ0v) is 13.3. The Hall–Kier alpha value is -1.06. The van der Waals surface area contributed by atoms with E-state index in [4.69, 9.17) is 4.74 Å². The van der Waals surface area contributed by atoms with Gasteiger partial charge in [0.25, 0.3) is 0 Å². The van der Waals surface area contributed by atoms with Crippen LogP contribution in [0.15, 0.2) is 24.3 Å². The van der Waals surface area contributed by atoms with E-state index < -0.39 is 0 Å². The van der Waals surface area contributed by atoms with Gasteiger partial charge < -0.3 is 10.1 Å². The summed E-state index contributed by atoms with van der Waals surface area (Å²) in [5.74, 6) is 2.73. The van der Waals surface area contributed by atoms with Crippen molar-refractivity contribution in [2.24, 2.45) is 11.8 Å². The summed E-state index contributed by atoms with van der Waals surface area (Å²) in [6.45, 7) is 10.0. The lowest BCUT2D eigenvalue weighted by Gasteiger charge is -2.27. The van der Waals surface area contributed by atoms with Crippen LogP contribution >= 0.6 is 0 Å². The standard InChI is InChI=1S/C18H28N2O/c1-3-8-21-16-7-5-6-14(9-16)12-20-13-15-10-19-11-17(15)18(20)4-2/h5-7,9,15,17-19H,3-4,8,10-13H2,1-2H3. The highest BCUT2D eigenvalue weighted by molar-refractivity contribution is 5.28. The van der Waals surface area contributed by atoms with Crippen molar-refractivity contribution < 1.29 is 4.74 Å². The summed E-state index contributed by atoms with van der Waals surface area (Å²) < 4.78 is 5.76. The number of fused-ring (bicyclic) bond motifs is 1. The molecule has 2 aliphatic rings. The molecular weight excluding hydrogens is 260 g/mol. The highest BCUT2D eigenvalue weighted by Gasteiger charge is 2.42. The lowest BCUT2D eigenvalue weighted by atomic mass is 9.93. The van der Waals surface area contributed by atoms with Crippen molar-refractivity contribution in [2.45, 2.75) is 39.3 Å². The fraction of sp³-hybridized carbons (Fsp3) is 0.667. The van der Waals surface area contributed by atoms with Gasteiger partial charge in [0.05, 0.1) is 6.61 Å². The Labute approximate surface area is 128 Å². The Balaban J connectivity index is 1.66. The average molecular weight is 288 g/mol. The molecule has 2 saturated heterocycles. The molecule has 0 spiro atoms. The van der Waals surface area contributed by atoms with Crippen molar-refractivity contribution in [3.8, 4) is 5.75 Å². The Morgan fingerprint density at radius 3 is 3.00 bits per heavy atom. The molecule has 21 heavy (non-hydrogen) atoms. The maximum atomic E-state index is 5.76. The maximum absolute atomic E-state index is 5.76. The average Bonchev–Trinajstić information content (AvgIpc) is 3.06. The van der Waals surface area contributed by atoms with E-state index in [1.807, 2.05) is 0 Å². The van der Waals surface area contributed by atoms with E-state index in [0.717, 1.165) is 43.2 Å². The van der Waals surface area contributed by atoms with Gasteiger partial charge in [-0.05, 0) is 55.5 Å². The smallest absolute Gasteiger partial charge is 0.119 e. The predicted octanol–water partition coefficient (Wildman–Crippen LogP) is 2.91. The van der Waals surface area contributed by atoms with E-state index in [1.54, 1.807) is 0 Å². The molecule has 3 unspecified atom stereocenters. The van der Waals surface area contributed by atoms with Gasteiger partial charge in [-0.3, -0.25) is 4.90 Å². The Morgan fingerprint density at radius 1 is 1.29 bits per heavy atom. The lowest BCUT2D eigenvalue weighted by molar-refractivity contribution is 0.210. The summed E-state index contributed by atoms with van der Waals surface area (Å²) in [6, 6.07) is 9.39. The number of nitrogens with one attached hydrogen (secondary N) is 1. The van der Waals surface area contributed by atoms with Gasteiger partial charge in [-0.15, -0.1) is 0 Å². The van der Waals surface area contributed by atoms with E-state index in [-0.39, 0.29) is 0 Å². The van der Waals surface area contributed by atoms with E-state index in [2.05, 4.69) is 48.3 Å². The van der Waals surface area contributed by atoms with Crippen molar-refractivity contribution in [3.05, 3.63) is 29.8 Å². The van der Waals surface area contributed by atoms with Crippen LogP contribution in [-0.4, -0.2) is 37.2 Å². The summed E-state index contributed by atoms with van der Waals surface area (Å²) in [5, 5.41) is 3.56. The molecule has 3 atom stereocenters. The van der Waals surface area contributed by atoms with Gasteiger partial charge >= 0.3 is 0 Å². The molecule has 0 saturated carbocycles. The first-order valence-electron chi connectivity index (χ1n) is 8.48. The largest absolute Gasteiger partial charge is 0.494 e. The van der Waals surface area contributed by atoms with Gasteiger partial charge in [-0.25, -0.2) is 0 Å². The van der Waals surface area contributed by atoms with E-state index in [0.29, 0.717) is 0 Å². The molecular formula is C18H28N2O. The third-order valence-electron chi connectivity index (χ3n) is 5.00. The molecule has 2 aliphatic heterocycles. The summed E-state index contributed by atoms with van der Waals surface area (Å²) >= 11 is 0. The molecule has 1 aromatic carbocycles. The number of ether oxygens (including phenoxy) is 1. The van der Waals surface area contributed by atoms with Crippen LogP contribution < -0.4 is 10.1 Å². The van der Waals surface area contributed by atoms with Crippen molar-refractivity contribution in [1.29, 1.82) is 0 Å². The highest BCUT2D eigenvalue weighted by Crippen LogP contribution is 2.35. The Bertz CT molecular complexity index is 462. The summed E-state index contributed by atoms with van der Waals surface area (Å²) in [6.07, 6.45) is 2.32. The van der Waals surface area contributed by atoms with E-state index >= 15 is 0 Å². The first kappa shape index (κ1) is 14.9. The van der Waals surface area contributed by atoms with Gasteiger partial charge in [-0.2, -0.15) is 0 Å². The van der Waals surface area contributed by atoms with Crippen molar-refractivity contribution in [1.82, 2.24) is 10.2 Å². The first-order valence-corrected chi connectivity index (χ1v) is 8.48. The third kappa shape index (κ3) is 3.24. The first-order chi connectivity index (χ1) is 10.3. The van der Waals surface area contributed by atoms with Crippen LogP contribution in [-0.2, 0) is 6.54 Å². The number of nitrogens with zero attached hydrogens (tertiary/aromatic N) is 1. The van der Waals surface area contributed by atoms with Gasteiger partial charge in [0.1, 0.15) is 5.75 Å². The van der Waals surface area contributed by atoms with Gasteiger partial charge in [-0.1, -0.05) is 26.0 Å². The monoisotopic (exact) mass is 288 g/mol. The summed E-state index contributed by atoms with van der Waals surface area (Å²) in [5.41, 5.74) is 1.38. The van der Waals surface area contributed by atoms with Crippen LogP contribution in [0.2, 0.25) is 0 Å². The number of hydrogen-bond donors (Lipinski definition) is 1. The minimum absolute atomic E-state index is 0.741. The molecule has 0 bridgehead atoms. The van der Waals surface area contributed by atoms with E-state index in [9.17, 15) is 0 Å².